The van der Waals surface area contributed by atoms with Gasteiger partial charge in [0, 0.05) is 71.0 Å². The van der Waals surface area contributed by atoms with Gasteiger partial charge in [-0.3, -0.25) is 0 Å². The van der Waals surface area contributed by atoms with Crippen molar-refractivity contribution in [2.24, 2.45) is 0 Å². The molecule has 0 fully saturated rings. The average molecular weight is 859 g/mol. The number of hydrogen-bond donors (Lipinski definition) is 0. The molecule has 0 amide bonds. The van der Waals surface area contributed by atoms with Crippen LogP contribution in [0.2, 0.25) is 19.6 Å². The third-order valence-corrected chi connectivity index (χ3v) is 16.2. The van der Waals surface area contributed by atoms with E-state index in [1.165, 1.54) is 63.4 Å². The molecule has 308 valence electrons. The highest BCUT2D eigenvalue weighted by atomic mass is 32.1. The summed E-state index contributed by atoms with van der Waals surface area (Å²) in [5, 5.41) is 11.3. The third-order valence-electron chi connectivity index (χ3n) is 13.0. The van der Waals surface area contributed by atoms with Crippen molar-refractivity contribution in [3.05, 3.63) is 199 Å². The molecule has 12 rings (SSSR count). The maximum atomic E-state index is 7.07. The molecule has 1 aliphatic rings. The Balaban J connectivity index is 1.08. The molecule has 0 N–H and O–H groups in total. The van der Waals surface area contributed by atoms with Gasteiger partial charge in [-0.05, 0) is 138 Å². The van der Waals surface area contributed by atoms with E-state index in [2.05, 4.69) is 231 Å². The lowest BCUT2D eigenvalue weighted by atomic mass is 9.87. The molecule has 0 unspecified atom stereocenters. The van der Waals surface area contributed by atoms with Gasteiger partial charge in [0.1, 0.15) is 11.5 Å². The van der Waals surface area contributed by atoms with E-state index in [-0.39, 0.29) is 0 Å². The molecule has 0 spiro atoms. The zero-order chi connectivity index (χ0) is 43.3. The van der Waals surface area contributed by atoms with E-state index >= 15 is 0 Å². The molecule has 1 aliphatic heterocycles. The molecule has 1 aromatic heterocycles. The summed E-state index contributed by atoms with van der Waals surface area (Å²) in [6.07, 6.45) is 0. The second-order valence-electron chi connectivity index (χ2n) is 18.3. The molecule has 5 heteroatoms. The second-order valence-corrected chi connectivity index (χ2v) is 24.5. The lowest BCUT2D eigenvalue weighted by Crippen LogP contribution is -2.37. The Morgan fingerprint density at radius 3 is 1.77 bits per heavy atom. The van der Waals surface area contributed by atoms with Gasteiger partial charge in [-0.2, -0.15) is 0 Å². The maximum Gasteiger partial charge on any atom is 0.137 e. The van der Waals surface area contributed by atoms with Crippen molar-refractivity contribution in [2.45, 2.75) is 33.5 Å². The Hall–Kier alpha value is -7.18. The van der Waals surface area contributed by atoms with Crippen LogP contribution in [0, 0.1) is 13.8 Å². The Morgan fingerprint density at radius 2 is 1.00 bits per heavy atom. The summed E-state index contributed by atoms with van der Waals surface area (Å²) >= 11 is 1.86. The quantitative estimate of drug-likeness (QED) is 0.117. The summed E-state index contributed by atoms with van der Waals surface area (Å²) in [5.41, 5.74) is 11.4. The molecule has 11 aromatic rings. The SMILES string of the molecule is Cc1ccc2c(N(c3ccccc3)c3ccc4sc5ccccc5c4c3)cc3c4cc(C)cc5c4c(cc3c2c1)-c1ccc(N(c2ccccc2)c2ccc([Si](C)(C)C)cc2)cc1O5. The Labute approximate surface area is 379 Å². The minimum atomic E-state index is -1.47. The minimum Gasteiger partial charge on any atom is -0.456 e. The summed E-state index contributed by atoms with van der Waals surface area (Å²) in [6, 6.07) is 69.5. The van der Waals surface area contributed by atoms with Crippen LogP contribution in [0.4, 0.5) is 34.1 Å². The first kappa shape index (κ1) is 38.5. The van der Waals surface area contributed by atoms with Gasteiger partial charge in [0.05, 0.1) is 13.8 Å². The van der Waals surface area contributed by atoms with Crippen LogP contribution in [0.5, 0.6) is 11.5 Å². The van der Waals surface area contributed by atoms with Crippen LogP contribution < -0.4 is 19.7 Å². The van der Waals surface area contributed by atoms with Gasteiger partial charge in [0.2, 0.25) is 0 Å². The number of thiophene rings is 1. The first-order valence-corrected chi connectivity index (χ1v) is 26.5. The van der Waals surface area contributed by atoms with Gasteiger partial charge in [-0.1, -0.05) is 121 Å². The van der Waals surface area contributed by atoms with Gasteiger partial charge in [-0.15, -0.1) is 11.3 Å². The number of ether oxygens (including phenoxy) is 1. The zero-order valence-corrected chi connectivity index (χ0v) is 38.4. The van der Waals surface area contributed by atoms with E-state index in [0.717, 1.165) is 62.1 Å². The van der Waals surface area contributed by atoms with Gasteiger partial charge in [-0.25, -0.2) is 0 Å². The molecule has 0 aliphatic carbocycles. The number of aryl methyl sites for hydroxylation is 2. The highest BCUT2D eigenvalue weighted by Gasteiger charge is 2.27. The first-order valence-electron chi connectivity index (χ1n) is 22.2. The highest BCUT2D eigenvalue weighted by Crippen LogP contribution is 2.53. The molecule has 10 aromatic carbocycles. The van der Waals surface area contributed by atoms with E-state index in [1.807, 2.05) is 11.3 Å². The van der Waals surface area contributed by atoms with E-state index in [9.17, 15) is 0 Å². The van der Waals surface area contributed by atoms with Crippen LogP contribution in [0.15, 0.2) is 188 Å². The number of anilines is 6. The lowest BCUT2D eigenvalue weighted by Gasteiger charge is -2.30. The normalized spacial score (nSPS) is 12.3. The number of hydrogen-bond acceptors (Lipinski definition) is 4. The summed E-state index contributed by atoms with van der Waals surface area (Å²) in [7, 11) is -1.47. The number of fused-ring (bicyclic) bond motifs is 9. The third kappa shape index (κ3) is 6.29. The van der Waals surface area contributed by atoms with Crippen LogP contribution in [-0.4, -0.2) is 8.07 Å². The van der Waals surface area contributed by atoms with Crippen molar-refractivity contribution in [2.75, 3.05) is 9.80 Å². The van der Waals surface area contributed by atoms with Crippen LogP contribution in [0.1, 0.15) is 11.1 Å². The zero-order valence-electron chi connectivity index (χ0n) is 36.6. The van der Waals surface area contributed by atoms with E-state index < -0.39 is 8.07 Å². The van der Waals surface area contributed by atoms with E-state index in [0.29, 0.717) is 0 Å². The number of para-hydroxylation sites is 2. The number of nitrogens with zero attached hydrogens (tertiary/aromatic N) is 2. The van der Waals surface area contributed by atoms with Crippen LogP contribution in [0.25, 0.3) is 63.6 Å². The van der Waals surface area contributed by atoms with Crippen LogP contribution in [0.3, 0.4) is 0 Å². The molecule has 0 atom stereocenters. The van der Waals surface area contributed by atoms with Crippen molar-refractivity contribution >= 4 is 111 Å². The fourth-order valence-electron chi connectivity index (χ4n) is 9.93. The van der Waals surface area contributed by atoms with Crippen LogP contribution in [-0.2, 0) is 0 Å². The number of benzene rings is 10. The second kappa shape index (κ2) is 14.7. The predicted molar refractivity (Wildman–Crippen MR) is 279 cm³/mol. The molecule has 0 saturated heterocycles. The van der Waals surface area contributed by atoms with Gasteiger partial charge < -0.3 is 14.5 Å². The van der Waals surface area contributed by atoms with Crippen molar-refractivity contribution in [1.29, 1.82) is 0 Å². The predicted octanol–water partition coefficient (Wildman–Crippen LogP) is 17.4. The average Bonchev–Trinajstić information content (AvgIpc) is 3.68. The minimum absolute atomic E-state index is 0.861. The standard InChI is InChI=1S/C59H46N2OSSi/c1-37-20-27-45-48(30-37)49-35-53-46-28-23-43(60(39-14-8-6-9-15-39)41-21-25-44(26-22-41)64(3,4)5)34-55(46)62-56-32-38(2)31-52(59(53)56)50(49)36-54(45)61(40-16-10-7-11-17-40)42-24-29-58-51(33-42)47-18-12-13-19-57(47)63-58/h6-36H,1-5H3. The molecule has 0 radical (unpaired) electrons. The Kier molecular flexibility index (Phi) is 8.84. The Morgan fingerprint density at radius 1 is 0.391 bits per heavy atom. The maximum absolute atomic E-state index is 7.07. The van der Waals surface area contributed by atoms with Gasteiger partial charge in [0.15, 0.2) is 0 Å². The molecular formula is C59H46N2OSSi. The summed E-state index contributed by atoms with van der Waals surface area (Å²) in [6.45, 7) is 11.6. The van der Waals surface area contributed by atoms with E-state index in [4.69, 9.17) is 4.74 Å². The van der Waals surface area contributed by atoms with Crippen molar-refractivity contribution in [3.8, 4) is 22.6 Å². The molecule has 0 bridgehead atoms. The van der Waals surface area contributed by atoms with Crippen LogP contribution >= 0.6 is 11.3 Å². The summed E-state index contributed by atoms with van der Waals surface area (Å²) in [5.74, 6) is 1.75. The van der Waals surface area contributed by atoms with E-state index in [1.54, 1.807) is 0 Å². The van der Waals surface area contributed by atoms with Gasteiger partial charge >= 0.3 is 0 Å². The summed E-state index contributed by atoms with van der Waals surface area (Å²) in [4.78, 5) is 4.80. The monoisotopic (exact) mass is 858 g/mol. The van der Waals surface area contributed by atoms with Crippen molar-refractivity contribution in [3.63, 3.8) is 0 Å². The highest BCUT2D eigenvalue weighted by molar-refractivity contribution is 7.25. The topological polar surface area (TPSA) is 15.7 Å². The molecule has 3 nitrogen and oxygen atoms in total. The lowest BCUT2D eigenvalue weighted by molar-refractivity contribution is 0.487. The Bertz CT molecular complexity index is 3650. The summed E-state index contributed by atoms with van der Waals surface area (Å²) < 4.78 is 9.67. The molecule has 64 heavy (non-hydrogen) atoms. The molecule has 0 saturated carbocycles. The smallest absolute Gasteiger partial charge is 0.137 e. The fourth-order valence-corrected chi connectivity index (χ4v) is 12.2. The number of rotatable bonds is 7. The molecular weight excluding hydrogens is 813 g/mol. The van der Waals surface area contributed by atoms with Crippen molar-refractivity contribution in [1.82, 2.24) is 0 Å². The van der Waals surface area contributed by atoms with Crippen molar-refractivity contribution < 1.29 is 4.74 Å². The largest absolute Gasteiger partial charge is 0.456 e. The van der Waals surface area contributed by atoms with Gasteiger partial charge in [0.25, 0.3) is 0 Å². The fraction of sp³-hybridized carbons (Fsp3) is 0.0847. The first-order chi connectivity index (χ1) is 31.2. The molecule has 2 heterocycles.